The van der Waals surface area contributed by atoms with Gasteiger partial charge in [0.05, 0.1) is 3.79 Å². The van der Waals surface area contributed by atoms with E-state index in [9.17, 15) is 0 Å². The maximum atomic E-state index is 6.27. The van der Waals surface area contributed by atoms with Gasteiger partial charge < -0.3 is 10.5 Å². The third kappa shape index (κ3) is 3.43. The van der Waals surface area contributed by atoms with Gasteiger partial charge in [-0.2, -0.15) is 0 Å². The molecule has 0 amide bonds. The molecule has 1 aliphatic heterocycles. The zero-order valence-electron chi connectivity index (χ0n) is 8.62. The zero-order chi connectivity index (χ0) is 10.8. The van der Waals surface area contributed by atoms with Crippen LogP contribution in [0.5, 0.6) is 0 Å². The summed E-state index contributed by atoms with van der Waals surface area (Å²) in [6.07, 6.45) is 2.16. The van der Waals surface area contributed by atoms with E-state index >= 15 is 0 Å². The van der Waals surface area contributed by atoms with E-state index in [1.54, 1.807) is 11.3 Å². The monoisotopic (exact) mass is 389 g/mol. The molecular weight excluding hydrogens is 377 g/mol. The molecule has 16 heavy (non-hydrogen) atoms. The van der Waals surface area contributed by atoms with Gasteiger partial charge in [-0.25, -0.2) is 0 Å². The molecule has 1 aromatic rings. The first-order chi connectivity index (χ1) is 7.18. The Hall–Kier alpha value is 0.870. The van der Waals surface area contributed by atoms with Gasteiger partial charge in [0.2, 0.25) is 0 Å². The zero-order valence-corrected chi connectivity index (χ0v) is 13.4. The van der Waals surface area contributed by atoms with Crippen LogP contribution in [-0.4, -0.2) is 13.2 Å². The molecule has 6 heteroatoms. The highest BCUT2D eigenvalue weighted by Crippen LogP contribution is 2.38. The van der Waals surface area contributed by atoms with E-state index in [-0.39, 0.29) is 18.4 Å². The Morgan fingerprint density at radius 1 is 1.38 bits per heavy atom. The van der Waals surface area contributed by atoms with E-state index in [1.807, 2.05) is 0 Å². The lowest BCUT2D eigenvalue weighted by atomic mass is 9.91. The molecule has 0 aromatic carbocycles. The summed E-state index contributed by atoms with van der Waals surface area (Å²) in [5, 5.41) is 0. The predicted molar refractivity (Wildman–Crippen MR) is 77.4 cm³/mol. The van der Waals surface area contributed by atoms with Crippen LogP contribution in [0.2, 0.25) is 0 Å². The summed E-state index contributed by atoms with van der Waals surface area (Å²) in [5.74, 6) is 0.566. The number of rotatable bonds is 2. The van der Waals surface area contributed by atoms with E-state index in [2.05, 4.69) is 37.9 Å². The second kappa shape index (κ2) is 6.71. The molecule has 2 rings (SSSR count). The Bertz CT molecular complexity index is 322. The fourth-order valence-corrected chi connectivity index (χ4v) is 4.02. The van der Waals surface area contributed by atoms with Crippen LogP contribution in [0.4, 0.5) is 0 Å². The SMILES string of the molecule is Cl.N[C@@H](c1cc(Br)c(Br)s1)C1CCOCC1. The van der Waals surface area contributed by atoms with Crippen molar-refractivity contribution in [2.75, 3.05) is 13.2 Å². The Balaban J connectivity index is 0.00000128. The van der Waals surface area contributed by atoms with Gasteiger partial charge in [-0.3, -0.25) is 0 Å². The Labute approximate surface area is 123 Å². The molecule has 0 radical (unpaired) electrons. The second-order valence-corrected chi connectivity index (χ2v) is 7.00. The molecule has 0 bridgehead atoms. The van der Waals surface area contributed by atoms with Crippen molar-refractivity contribution in [3.63, 3.8) is 0 Å². The maximum Gasteiger partial charge on any atom is 0.0843 e. The molecule has 0 aliphatic carbocycles. The van der Waals surface area contributed by atoms with Crippen molar-refractivity contribution in [1.82, 2.24) is 0 Å². The number of hydrogen-bond acceptors (Lipinski definition) is 3. The van der Waals surface area contributed by atoms with E-state index in [0.29, 0.717) is 5.92 Å². The summed E-state index contributed by atoms with van der Waals surface area (Å²) in [6, 6.07) is 2.27. The predicted octanol–water partition coefficient (Wildman–Crippen LogP) is 4.12. The summed E-state index contributed by atoms with van der Waals surface area (Å²) in [7, 11) is 0. The van der Waals surface area contributed by atoms with E-state index < -0.39 is 0 Å². The molecule has 2 nitrogen and oxygen atoms in total. The molecule has 2 N–H and O–H groups in total. The molecule has 1 saturated heterocycles. The number of hydrogen-bond donors (Lipinski definition) is 1. The molecule has 1 aromatic heterocycles. The Kier molecular flexibility index (Phi) is 6.26. The first-order valence-corrected chi connectivity index (χ1v) is 7.37. The summed E-state index contributed by atoms with van der Waals surface area (Å²) in [4.78, 5) is 1.25. The van der Waals surface area contributed by atoms with E-state index in [1.165, 1.54) is 4.88 Å². The van der Waals surface area contributed by atoms with Crippen LogP contribution in [-0.2, 0) is 4.74 Å². The first-order valence-electron chi connectivity index (χ1n) is 4.96. The standard InChI is InChI=1S/C10H13Br2NOS.ClH/c11-7-5-8(15-10(7)12)9(13)6-1-3-14-4-2-6;/h5-6,9H,1-4,13H2;1H/t9-;/m1./s1. The van der Waals surface area contributed by atoms with E-state index in [4.69, 9.17) is 10.5 Å². The smallest absolute Gasteiger partial charge is 0.0843 e. The van der Waals surface area contributed by atoms with Gasteiger partial charge in [0.1, 0.15) is 0 Å². The van der Waals surface area contributed by atoms with Crippen molar-refractivity contribution in [1.29, 1.82) is 0 Å². The Morgan fingerprint density at radius 3 is 2.50 bits per heavy atom. The first kappa shape index (κ1) is 14.9. The Morgan fingerprint density at radius 2 is 2.00 bits per heavy atom. The molecule has 1 aliphatic rings. The van der Waals surface area contributed by atoms with Crippen molar-refractivity contribution in [3.8, 4) is 0 Å². The second-order valence-electron chi connectivity index (χ2n) is 3.75. The number of halogens is 3. The topological polar surface area (TPSA) is 35.2 Å². The molecular formula is C10H14Br2ClNOS. The molecule has 2 heterocycles. The lowest BCUT2D eigenvalue weighted by molar-refractivity contribution is 0.0587. The lowest BCUT2D eigenvalue weighted by Gasteiger charge is -2.26. The molecule has 0 unspecified atom stereocenters. The molecule has 0 spiro atoms. The third-order valence-electron chi connectivity index (χ3n) is 2.77. The van der Waals surface area contributed by atoms with Gasteiger partial charge in [-0.1, -0.05) is 0 Å². The van der Waals surface area contributed by atoms with Crippen LogP contribution in [0.3, 0.4) is 0 Å². The van der Waals surface area contributed by atoms with Crippen LogP contribution in [0.15, 0.2) is 14.3 Å². The third-order valence-corrected chi connectivity index (χ3v) is 6.12. The summed E-state index contributed by atoms with van der Waals surface area (Å²) >= 11 is 8.71. The van der Waals surface area contributed by atoms with Crippen molar-refractivity contribution in [3.05, 3.63) is 19.2 Å². The summed E-state index contributed by atoms with van der Waals surface area (Å²) < 4.78 is 7.57. The quantitative estimate of drug-likeness (QED) is 0.823. The van der Waals surface area contributed by atoms with Crippen molar-refractivity contribution in [2.45, 2.75) is 18.9 Å². The highest BCUT2D eigenvalue weighted by Gasteiger charge is 2.24. The van der Waals surface area contributed by atoms with Gasteiger partial charge in [-0.05, 0) is 56.7 Å². The highest BCUT2D eigenvalue weighted by atomic mass is 79.9. The van der Waals surface area contributed by atoms with Crippen molar-refractivity contribution >= 4 is 55.6 Å². The molecule has 1 fully saturated rings. The van der Waals surface area contributed by atoms with Crippen LogP contribution < -0.4 is 5.73 Å². The van der Waals surface area contributed by atoms with Gasteiger partial charge >= 0.3 is 0 Å². The van der Waals surface area contributed by atoms with Gasteiger partial charge in [0.15, 0.2) is 0 Å². The molecule has 92 valence electrons. The largest absolute Gasteiger partial charge is 0.381 e. The minimum atomic E-state index is 0. The van der Waals surface area contributed by atoms with Crippen molar-refractivity contribution < 1.29 is 4.74 Å². The number of nitrogens with two attached hydrogens (primary N) is 1. The van der Waals surface area contributed by atoms with Crippen LogP contribution in [0.25, 0.3) is 0 Å². The van der Waals surface area contributed by atoms with Crippen LogP contribution in [0.1, 0.15) is 23.8 Å². The number of thiophene rings is 1. The highest BCUT2D eigenvalue weighted by molar-refractivity contribution is 9.13. The van der Waals surface area contributed by atoms with Crippen LogP contribution >= 0.6 is 55.6 Å². The van der Waals surface area contributed by atoms with Crippen molar-refractivity contribution in [2.24, 2.45) is 11.7 Å². The fourth-order valence-electron chi connectivity index (χ4n) is 1.83. The van der Waals surface area contributed by atoms with E-state index in [0.717, 1.165) is 34.3 Å². The molecule has 1 atom stereocenters. The van der Waals surface area contributed by atoms with Gasteiger partial charge in [-0.15, -0.1) is 23.7 Å². The normalized spacial score (nSPS) is 19.2. The van der Waals surface area contributed by atoms with Gasteiger partial charge in [0, 0.05) is 28.6 Å². The minimum absolute atomic E-state index is 0. The fraction of sp³-hybridized carbons (Fsp3) is 0.600. The lowest BCUT2D eigenvalue weighted by Crippen LogP contribution is -2.26. The van der Waals surface area contributed by atoms with Gasteiger partial charge in [0.25, 0.3) is 0 Å². The minimum Gasteiger partial charge on any atom is -0.381 e. The number of ether oxygens (including phenoxy) is 1. The summed E-state index contributed by atoms with van der Waals surface area (Å²) in [5.41, 5.74) is 6.27. The van der Waals surface area contributed by atoms with Crippen LogP contribution in [0, 0.1) is 5.92 Å². The average molecular weight is 392 g/mol. The average Bonchev–Trinajstić information content (AvgIpc) is 2.59. The summed E-state index contributed by atoms with van der Waals surface area (Å²) in [6.45, 7) is 1.71. The maximum absolute atomic E-state index is 6.27. The molecule has 0 saturated carbocycles.